The third-order valence-electron chi connectivity index (χ3n) is 2.92. The maximum absolute atomic E-state index is 11.5. The molecule has 0 unspecified atom stereocenters. The minimum Gasteiger partial charge on any atom is -0.383 e. The van der Waals surface area contributed by atoms with Crippen LogP contribution in [0, 0.1) is 0 Å². The summed E-state index contributed by atoms with van der Waals surface area (Å²) in [4.78, 5) is 21.6. The number of aryl methyl sites for hydroxylation is 1. The van der Waals surface area contributed by atoms with Crippen molar-refractivity contribution in [2.45, 2.75) is 13.0 Å². The Kier molecular flexibility index (Phi) is 3.33. The molecule has 7 nitrogen and oxygen atoms in total. The van der Waals surface area contributed by atoms with Crippen LogP contribution >= 0.6 is 0 Å². The van der Waals surface area contributed by atoms with Crippen LogP contribution in [0.3, 0.4) is 0 Å². The molecule has 7 heteroatoms. The molecule has 2 N–H and O–H groups in total. The first kappa shape index (κ1) is 12.6. The van der Waals surface area contributed by atoms with Crippen molar-refractivity contribution in [1.82, 2.24) is 24.0 Å². The molecular formula is C11H18N6O. The molecule has 0 radical (unpaired) electrons. The van der Waals surface area contributed by atoms with Gasteiger partial charge in [-0.05, 0) is 27.1 Å². The topological polar surface area (TPSA) is 82.0 Å². The highest BCUT2D eigenvalue weighted by Crippen LogP contribution is 2.15. The zero-order valence-corrected chi connectivity index (χ0v) is 10.9. The zero-order chi connectivity index (χ0) is 13.3. The Balaban J connectivity index is 2.35. The Morgan fingerprint density at radius 1 is 1.44 bits per heavy atom. The smallest absolute Gasteiger partial charge is 0.351 e. The van der Waals surface area contributed by atoms with Gasteiger partial charge < -0.3 is 15.2 Å². The van der Waals surface area contributed by atoms with Gasteiger partial charge in [0.15, 0.2) is 5.65 Å². The van der Waals surface area contributed by atoms with Crippen molar-refractivity contribution in [3.05, 3.63) is 16.8 Å². The molecule has 0 amide bonds. The lowest BCUT2D eigenvalue weighted by molar-refractivity contribution is 0.387. The molecule has 0 aliphatic carbocycles. The van der Waals surface area contributed by atoms with Crippen LogP contribution < -0.4 is 11.4 Å². The summed E-state index contributed by atoms with van der Waals surface area (Å²) >= 11 is 0. The fourth-order valence-corrected chi connectivity index (χ4v) is 1.87. The van der Waals surface area contributed by atoms with Crippen molar-refractivity contribution >= 4 is 17.0 Å². The second-order valence-corrected chi connectivity index (χ2v) is 4.61. The number of anilines is 1. The Hall–Kier alpha value is -1.89. The summed E-state index contributed by atoms with van der Waals surface area (Å²) in [5, 5.41) is 0. The maximum atomic E-state index is 11.5. The third kappa shape index (κ3) is 2.21. The number of aromatic nitrogens is 4. The van der Waals surface area contributed by atoms with Crippen LogP contribution in [0.15, 0.2) is 11.1 Å². The highest BCUT2D eigenvalue weighted by Gasteiger charge is 2.11. The average molecular weight is 250 g/mol. The number of nitrogen functional groups attached to an aromatic ring is 1. The van der Waals surface area contributed by atoms with E-state index >= 15 is 0 Å². The monoisotopic (exact) mass is 250 g/mol. The normalized spacial score (nSPS) is 11.6. The molecule has 2 heterocycles. The van der Waals surface area contributed by atoms with Crippen LogP contribution in [0.1, 0.15) is 6.42 Å². The van der Waals surface area contributed by atoms with Gasteiger partial charge >= 0.3 is 5.69 Å². The number of imidazole rings is 1. The van der Waals surface area contributed by atoms with E-state index in [0.29, 0.717) is 11.5 Å². The Morgan fingerprint density at radius 3 is 2.83 bits per heavy atom. The molecule has 2 rings (SSSR count). The van der Waals surface area contributed by atoms with E-state index in [1.807, 2.05) is 18.7 Å². The molecule has 2 aromatic rings. The Bertz CT molecular complexity index is 612. The average Bonchev–Trinajstić information content (AvgIpc) is 2.69. The molecule has 0 bridgehead atoms. The summed E-state index contributed by atoms with van der Waals surface area (Å²) in [6, 6.07) is 0. The van der Waals surface area contributed by atoms with Gasteiger partial charge in [-0.3, -0.25) is 4.57 Å². The van der Waals surface area contributed by atoms with Gasteiger partial charge in [0, 0.05) is 13.6 Å². The maximum Gasteiger partial charge on any atom is 0.351 e. The summed E-state index contributed by atoms with van der Waals surface area (Å²) in [6.45, 7) is 1.79. The second kappa shape index (κ2) is 4.77. The highest BCUT2D eigenvalue weighted by atomic mass is 16.1. The minimum atomic E-state index is -0.376. The van der Waals surface area contributed by atoms with E-state index in [9.17, 15) is 4.79 Å². The summed E-state index contributed by atoms with van der Waals surface area (Å²) in [6.07, 6.45) is 2.67. The van der Waals surface area contributed by atoms with Crippen LogP contribution in [0.5, 0.6) is 0 Å². The molecule has 0 fully saturated rings. The fourth-order valence-electron chi connectivity index (χ4n) is 1.87. The van der Waals surface area contributed by atoms with Gasteiger partial charge in [-0.15, -0.1) is 0 Å². The standard InChI is InChI=1S/C11H18N6O/c1-15(2)5-4-6-17-7-13-10-8(17)9(12)16(3)11(18)14-10/h7H,4-6,12H2,1-3H3. The molecule has 98 valence electrons. The summed E-state index contributed by atoms with van der Waals surface area (Å²) in [7, 11) is 5.68. The molecule has 0 spiro atoms. The zero-order valence-electron chi connectivity index (χ0n) is 10.9. The lowest BCUT2D eigenvalue weighted by atomic mass is 10.4. The largest absolute Gasteiger partial charge is 0.383 e. The van der Waals surface area contributed by atoms with Crippen molar-refractivity contribution in [1.29, 1.82) is 0 Å². The SMILES string of the molecule is CN(C)CCCn1cnc2nc(=O)n(C)c(N)c21. The van der Waals surface area contributed by atoms with E-state index < -0.39 is 0 Å². The van der Waals surface area contributed by atoms with Crippen LogP contribution in [0.4, 0.5) is 5.82 Å². The number of nitrogens with zero attached hydrogens (tertiary/aromatic N) is 5. The number of hydrogen-bond acceptors (Lipinski definition) is 5. The first-order valence-corrected chi connectivity index (χ1v) is 5.82. The molecule has 0 aromatic carbocycles. The second-order valence-electron chi connectivity index (χ2n) is 4.61. The van der Waals surface area contributed by atoms with Crippen molar-refractivity contribution in [3.8, 4) is 0 Å². The number of rotatable bonds is 4. The van der Waals surface area contributed by atoms with Crippen molar-refractivity contribution in [2.24, 2.45) is 7.05 Å². The first-order valence-electron chi connectivity index (χ1n) is 5.82. The summed E-state index contributed by atoms with van der Waals surface area (Å²) in [5.41, 5.74) is 6.72. The van der Waals surface area contributed by atoms with E-state index in [4.69, 9.17) is 5.73 Å². The molecule has 0 atom stereocenters. The van der Waals surface area contributed by atoms with Crippen molar-refractivity contribution in [3.63, 3.8) is 0 Å². The van der Waals surface area contributed by atoms with Gasteiger partial charge in [0.2, 0.25) is 0 Å². The molecule has 0 saturated heterocycles. The summed E-state index contributed by atoms with van der Waals surface area (Å²) < 4.78 is 3.28. The van der Waals surface area contributed by atoms with Crippen LogP contribution in [-0.4, -0.2) is 44.6 Å². The van der Waals surface area contributed by atoms with Gasteiger partial charge in [0.25, 0.3) is 0 Å². The van der Waals surface area contributed by atoms with Gasteiger partial charge in [0.1, 0.15) is 11.3 Å². The Labute approximate surface area is 105 Å². The van der Waals surface area contributed by atoms with E-state index in [1.54, 1.807) is 13.4 Å². The molecular weight excluding hydrogens is 232 g/mol. The predicted molar refractivity (Wildman–Crippen MR) is 70.4 cm³/mol. The van der Waals surface area contributed by atoms with E-state index in [2.05, 4.69) is 14.9 Å². The number of hydrogen-bond donors (Lipinski definition) is 1. The van der Waals surface area contributed by atoms with E-state index in [1.165, 1.54) is 4.57 Å². The number of fused-ring (bicyclic) bond motifs is 1. The van der Waals surface area contributed by atoms with E-state index in [-0.39, 0.29) is 5.69 Å². The first-order chi connectivity index (χ1) is 8.50. The fraction of sp³-hybridized carbons (Fsp3) is 0.545. The Morgan fingerprint density at radius 2 is 2.17 bits per heavy atom. The summed E-state index contributed by atoms with van der Waals surface area (Å²) in [5.74, 6) is 0.410. The highest BCUT2D eigenvalue weighted by molar-refractivity contribution is 5.81. The third-order valence-corrected chi connectivity index (χ3v) is 2.92. The lowest BCUT2D eigenvalue weighted by Gasteiger charge is -2.11. The van der Waals surface area contributed by atoms with Gasteiger partial charge in [-0.1, -0.05) is 0 Å². The lowest BCUT2D eigenvalue weighted by Crippen LogP contribution is -2.23. The van der Waals surface area contributed by atoms with Crippen LogP contribution in [0.2, 0.25) is 0 Å². The molecule has 0 aliphatic rings. The van der Waals surface area contributed by atoms with Gasteiger partial charge in [0.05, 0.1) is 6.33 Å². The molecule has 0 aliphatic heterocycles. The van der Waals surface area contributed by atoms with Crippen molar-refractivity contribution in [2.75, 3.05) is 26.4 Å². The van der Waals surface area contributed by atoms with Gasteiger partial charge in [-0.25, -0.2) is 9.78 Å². The van der Waals surface area contributed by atoms with Crippen LogP contribution in [0.25, 0.3) is 11.2 Å². The minimum absolute atomic E-state index is 0.376. The molecule has 0 saturated carbocycles. The predicted octanol–water partition coefficient (Wildman–Crippen LogP) is -0.336. The van der Waals surface area contributed by atoms with Crippen molar-refractivity contribution < 1.29 is 0 Å². The molecule has 2 aromatic heterocycles. The van der Waals surface area contributed by atoms with Gasteiger partial charge in [-0.2, -0.15) is 4.98 Å². The quantitative estimate of drug-likeness (QED) is 0.803. The van der Waals surface area contributed by atoms with E-state index in [0.717, 1.165) is 25.0 Å². The number of nitrogens with two attached hydrogens (primary N) is 1. The molecule has 18 heavy (non-hydrogen) atoms. The van der Waals surface area contributed by atoms with Crippen LogP contribution in [-0.2, 0) is 13.6 Å².